The number of oxime groups is 2. The Balaban J connectivity index is 1.64. The third-order valence-electron chi connectivity index (χ3n) is 6.02. The first-order valence-corrected chi connectivity index (χ1v) is 11.8. The van der Waals surface area contributed by atoms with E-state index in [4.69, 9.17) is 19.4 Å². The van der Waals surface area contributed by atoms with Gasteiger partial charge in [-0.2, -0.15) is 0 Å². The van der Waals surface area contributed by atoms with Crippen LogP contribution in [0.25, 0.3) is 22.0 Å². The van der Waals surface area contributed by atoms with E-state index in [1.165, 1.54) is 13.8 Å². The minimum Gasteiger partial charge on any atom is -0.497 e. The molecule has 0 fully saturated rings. The number of fused-ring (bicyclic) bond motifs is 5. The van der Waals surface area contributed by atoms with Crippen molar-refractivity contribution in [1.82, 2.24) is 4.98 Å². The molecule has 3 aromatic carbocycles. The van der Waals surface area contributed by atoms with Gasteiger partial charge in [-0.1, -0.05) is 40.6 Å². The average Bonchev–Trinajstić information content (AvgIpc) is 3.25. The van der Waals surface area contributed by atoms with Crippen molar-refractivity contribution < 1.29 is 24.0 Å². The summed E-state index contributed by atoms with van der Waals surface area (Å²) in [4.78, 5) is 37.5. The van der Waals surface area contributed by atoms with Crippen molar-refractivity contribution in [2.24, 2.45) is 10.3 Å². The molecule has 0 aliphatic heterocycles. The normalized spacial score (nSPS) is 13.2. The van der Waals surface area contributed by atoms with Crippen molar-refractivity contribution in [3.8, 4) is 16.9 Å². The molecule has 9 heteroatoms. The standard InChI is InChI=1S/C29H24N4O5/c1-16(32-37-17(2)34)19-9-11-20(12-10-19)30-29-27-22-14-13-21(36-4)15-24(22)28(33-38-18(3)35)26(27)23-7-5-6-8-25(23)31-29/h5-15H,1-4H3,(H,30,31)/b32-16+,33-28+. The van der Waals surface area contributed by atoms with Gasteiger partial charge in [0.15, 0.2) is 0 Å². The first-order valence-electron chi connectivity index (χ1n) is 11.8. The summed E-state index contributed by atoms with van der Waals surface area (Å²) in [5, 5.41) is 12.4. The quantitative estimate of drug-likeness (QED) is 0.181. The van der Waals surface area contributed by atoms with Gasteiger partial charge in [-0.05, 0) is 54.4 Å². The third kappa shape index (κ3) is 4.69. The Morgan fingerprint density at radius 1 is 0.842 bits per heavy atom. The van der Waals surface area contributed by atoms with Crippen LogP contribution in [0, 0.1) is 0 Å². The van der Waals surface area contributed by atoms with Gasteiger partial charge >= 0.3 is 11.9 Å². The van der Waals surface area contributed by atoms with E-state index in [-0.39, 0.29) is 0 Å². The monoisotopic (exact) mass is 508 g/mol. The van der Waals surface area contributed by atoms with Crippen molar-refractivity contribution in [3.63, 3.8) is 0 Å². The van der Waals surface area contributed by atoms with Crippen LogP contribution in [-0.4, -0.2) is 35.5 Å². The number of aromatic nitrogens is 1. The van der Waals surface area contributed by atoms with Gasteiger partial charge in [0.1, 0.15) is 17.3 Å². The largest absolute Gasteiger partial charge is 0.497 e. The van der Waals surface area contributed by atoms with Crippen LogP contribution >= 0.6 is 0 Å². The molecule has 1 heterocycles. The number of carbonyl (C=O) groups is 2. The van der Waals surface area contributed by atoms with E-state index >= 15 is 0 Å². The van der Waals surface area contributed by atoms with Crippen LogP contribution in [0.5, 0.6) is 5.75 Å². The minimum atomic E-state index is -0.514. The molecule has 190 valence electrons. The van der Waals surface area contributed by atoms with E-state index in [0.29, 0.717) is 23.0 Å². The van der Waals surface area contributed by atoms with Crippen LogP contribution in [0.15, 0.2) is 77.0 Å². The number of hydrogen-bond donors (Lipinski definition) is 1. The second-order valence-electron chi connectivity index (χ2n) is 8.62. The summed E-state index contributed by atoms with van der Waals surface area (Å²) < 4.78 is 5.46. The molecule has 5 rings (SSSR count). The molecule has 1 aliphatic carbocycles. The Kier molecular flexibility index (Phi) is 6.57. The lowest BCUT2D eigenvalue weighted by Gasteiger charge is -2.14. The summed E-state index contributed by atoms with van der Waals surface area (Å²) >= 11 is 0. The number of pyridine rings is 1. The Bertz CT molecular complexity index is 1640. The number of para-hydroxylation sites is 1. The van der Waals surface area contributed by atoms with Crippen LogP contribution in [0.2, 0.25) is 0 Å². The number of carbonyl (C=O) groups excluding carboxylic acids is 2. The van der Waals surface area contributed by atoms with E-state index < -0.39 is 11.9 Å². The molecule has 0 saturated carbocycles. The third-order valence-corrected chi connectivity index (χ3v) is 6.02. The smallest absolute Gasteiger partial charge is 0.332 e. The van der Waals surface area contributed by atoms with Gasteiger partial charge in [-0.15, -0.1) is 0 Å². The zero-order valence-corrected chi connectivity index (χ0v) is 21.2. The predicted octanol–water partition coefficient (Wildman–Crippen LogP) is 5.57. The maximum atomic E-state index is 11.7. The molecule has 0 amide bonds. The predicted molar refractivity (Wildman–Crippen MR) is 145 cm³/mol. The zero-order chi connectivity index (χ0) is 26.8. The van der Waals surface area contributed by atoms with Crippen LogP contribution in [0.1, 0.15) is 37.5 Å². The molecule has 1 aliphatic rings. The summed E-state index contributed by atoms with van der Waals surface area (Å²) in [6.07, 6.45) is 0. The van der Waals surface area contributed by atoms with Gasteiger partial charge in [0.05, 0.1) is 18.3 Å². The van der Waals surface area contributed by atoms with E-state index in [9.17, 15) is 9.59 Å². The number of anilines is 2. The molecule has 4 aromatic rings. The second kappa shape index (κ2) is 10.1. The van der Waals surface area contributed by atoms with Crippen LogP contribution in [-0.2, 0) is 19.3 Å². The summed E-state index contributed by atoms with van der Waals surface area (Å²) in [6, 6.07) is 21.0. The van der Waals surface area contributed by atoms with Crippen molar-refractivity contribution in [2.75, 3.05) is 12.4 Å². The van der Waals surface area contributed by atoms with Gasteiger partial charge in [-0.3, -0.25) is 0 Å². The molecule has 38 heavy (non-hydrogen) atoms. The van der Waals surface area contributed by atoms with Crippen LogP contribution in [0.4, 0.5) is 11.5 Å². The van der Waals surface area contributed by atoms with Crippen molar-refractivity contribution >= 4 is 45.8 Å². The maximum Gasteiger partial charge on any atom is 0.332 e. The number of nitrogens with one attached hydrogen (secondary N) is 1. The highest BCUT2D eigenvalue weighted by Gasteiger charge is 2.32. The topological polar surface area (TPSA) is 111 Å². The second-order valence-corrected chi connectivity index (χ2v) is 8.62. The molecule has 0 unspecified atom stereocenters. The van der Waals surface area contributed by atoms with Crippen LogP contribution in [0.3, 0.4) is 0 Å². The number of rotatable bonds is 6. The fourth-order valence-corrected chi connectivity index (χ4v) is 4.33. The van der Waals surface area contributed by atoms with Gasteiger partial charge in [-0.25, -0.2) is 14.6 Å². The van der Waals surface area contributed by atoms with Gasteiger partial charge in [0, 0.05) is 41.6 Å². The van der Waals surface area contributed by atoms with E-state index in [1.54, 1.807) is 14.0 Å². The molecule has 0 radical (unpaired) electrons. The van der Waals surface area contributed by atoms with E-state index in [0.717, 1.165) is 44.4 Å². The molecule has 0 spiro atoms. The minimum absolute atomic E-state index is 0.478. The number of nitrogens with zero attached hydrogens (tertiary/aromatic N) is 3. The Labute approximate surface area is 218 Å². The number of benzene rings is 3. The number of methoxy groups -OCH3 is 1. The fourth-order valence-electron chi connectivity index (χ4n) is 4.33. The maximum absolute atomic E-state index is 11.7. The van der Waals surface area contributed by atoms with Crippen LogP contribution < -0.4 is 10.1 Å². The molecule has 0 saturated heterocycles. The summed E-state index contributed by atoms with van der Waals surface area (Å²) in [6.45, 7) is 4.38. The summed E-state index contributed by atoms with van der Waals surface area (Å²) in [7, 11) is 1.60. The average molecular weight is 509 g/mol. The lowest BCUT2D eigenvalue weighted by molar-refractivity contribution is -0.141. The highest BCUT2D eigenvalue weighted by atomic mass is 16.7. The Hall–Kier alpha value is -5.05. The number of hydrogen-bond acceptors (Lipinski definition) is 9. The summed E-state index contributed by atoms with van der Waals surface area (Å²) in [5.41, 5.74) is 6.76. The van der Waals surface area contributed by atoms with E-state index in [1.807, 2.05) is 66.7 Å². The molecule has 0 atom stereocenters. The SMILES string of the molecule is COc1ccc2c(c1)/C(=N\OC(C)=O)c1c-2c(Nc2ccc(/C(C)=N/OC(C)=O)cc2)nc2ccccc12. The number of ether oxygens (including phenoxy) is 1. The first kappa shape index (κ1) is 24.6. The van der Waals surface area contributed by atoms with Crippen molar-refractivity contribution in [3.05, 3.63) is 83.4 Å². The molecule has 1 N–H and O–H groups in total. The summed E-state index contributed by atoms with van der Waals surface area (Å²) in [5.74, 6) is 0.282. The lowest BCUT2D eigenvalue weighted by atomic mass is 10.0. The lowest BCUT2D eigenvalue weighted by Crippen LogP contribution is -2.05. The van der Waals surface area contributed by atoms with E-state index in [2.05, 4.69) is 15.6 Å². The Morgan fingerprint density at radius 3 is 2.29 bits per heavy atom. The first-order chi connectivity index (χ1) is 18.4. The molecule has 1 aromatic heterocycles. The zero-order valence-electron chi connectivity index (χ0n) is 21.2. The van der Waals surface area contributed by atoms with Gasteiger partial charge < -0.3 is 19.7 Å². The highest BCUT2D eigenvalue weighted by Crippen LogP contribution is 2.46. The van der Waals surface area contributed by atoms with Gasteiger partial charge in [0.25, 0.3) is 0 Å². The molecular weight excluding hydrogens is 484 g/mol. The molecular formula is C29H24N4O5. The fraction of sp³-hybridized carbons (Fsp3) is 0.138. The molecule has 9 nitrogen and oxygen atoms in total. The van der Waals surface area contributed by atoms with Gasteiger partial charge in [0.2, 0.25) is 0 Å². The highest BCUT2D eigenvalue weighted by molar-refractivity contribution is 6.31. The Morgan fingerprint density at radius 2 is 1.58 bits per heavy atom. The van der Waals surface area contributed by atoms with Crippen molar-refractivity contribution in [2.45, 2.75) is 20.8 Å². The molecule has 0 bridgehead atoms. The van der Waals surface area contributed by atoms with Crippen molar-refractivity contribution in [1.29, 1.82) is 0 Å².